The predicted octanol–water partition coefficient (Wildman–Crippen LogP) is 2.84. The van der Waals surface area contributed by atoms with Crippen LogP contribution in [0.15, 0.2) is 0 Å². The normalized spacial score (nSPS) is 35.1. The Morgan fingerprint density at radius 1 is 1.00 bits per heavy atom. The van der Waals surface area contributed by atoms with E-state index < -0.39 is 0 Å². The second kappa shape index (κ2) is 6.97. The van der Waals surface area contributed by atoms with Gasteiger partial charge in [0.1, 0.15) is 0 Å². The van der Waals surface area contributed by atoms with Gasteiger partial charge in [-0.15, -0.1) is 0 Å². The molecule has 0 aromatic carbocycles. The number of nitrogens with two attached hydrogens (primary N) is 1. The molecule has 0 spiro atoms. The molecule has 122 valence electrons. The number of nitrogens with zero attached hydrogens (tertiary/aromatic N) is 2. The average Bonchev–Trinajstić information content (AvgIpc) is 2.74. The fourth-order valence-corrected chi connectivity index (χ4v) is 4.97. The van der Waals surface area contributed by atoms with Gasteiger partial charge < -0.3 is 5.73 Å². The van der Waals surface area contributed by atoms with Crippen molar-refractivity contribution < 1.29 is 0 Å². The van der Waals surface area contributed by atoms with Crippen molar-refractivity contribution in [3.05, 3.63) is 0 Å². The van der Waals surface area contributed by atoms with Crippen LogP contribution in [-0.2, 0) is 0 Å². The van der Waals surface area contributed by atoms with Gasteiger partial charge in [0.25, 0.3) is 0 Å². The summed E-state index contributed by atoms with van der Waals surface area (Å²) in [5.41, 5.74) is 6.68. The SMILES string of the molecule is CC1CN2CCCCC2CN1CC1(CN)CCCCCC1. The molecular formula is C18H35N3. The van der Waals surface area contributed by atoms with Gasteiger partial charge in [0.2, 0.25) is 0 Å². The Balaban J connectivity index is 1.64. The molecule has 0 aromatic heterocycles. The lowest BCUT2D eigenvalue weighted by atomic mass is 9.79. The zero-order valence-electron chi connectivity index (χ0n) is 14.0. The number of piperazine rings is 1. The number of fused-ring (bicyclic) bond motifs is 1. The van der Waals surface area contributed by atoms with Crippen molar-refractivity contribution in [3.8, 4) is 0 Å². The van der Waals surface area contributed by atoms with E-state index in [0.29, 0.717) is 11.5 Å². The molecule has 1 aliphatic carbocycles. The molecule has 0 aromatic rings. The van der Waals surface area contributed by atoms with E-state index in [1.165, 1.54) is 84.0 Å². The summed E-state index contributed by atoms with van der Waals surface area (Å²) in [5, 5.41) is 0. The lowest BCUT2D eigenvalue weighted by Gasteiger charge is -2.50. The van der Waals surface area contributed by atoms with Crippen LogP contribution in [0.1, 0.15) is 64.7 Å². The molecule has 2 atom stereocenters. The first kappa shape index (κ1) is 15.8. The molecule has 3 heteroatoms. The molecule has 3 nitrogen and oxygen atoms in total. The molecule has 3 aliphatic rings. The van der Waals surface area contributed by atoms with Crippen LogP contribution in [0.5, 0.6) is 0 Å². The first-order chi connectivity index (χ1) is 10.2. The quantitative estimate of drug-likeness (QED) is 0.812. The van der Waals surface area contributed by atoms with Gasteiger partial charge in [-0.1, -0.05) is 32.1 Å². The molecule has 2 unspecified atom stereocenters. The smallest absolute Gasteiger partial charge is 0.0223 e. The molecule has 2 heterocycles. The van der Waals surface area contributed by atoms with Crippen LogP contribution in [0.25, 0.3) is 0 Å². The second-order valence-electron chi connectivity index (χ2n) is 8.04. The average molecular weight is 293 g/mol. The minimum atomic E-state index is 0.418. The molecule has 0 amide bonds. The number of hydrogen-bond acceptors (Lipinski definition) is 3. The van der Waals surface area contributed by atoms with Gasteiger partial charge >= 0.3 is 0 Å². The first-order valence-electron chi connectivity index (χ1n) is 9.41. The van der Waals surface area contributed by atoms with Crippen molar-refractivity contribution in [2.45, 2.75) is 76.8 Å². The molecule has 21 heavy (non-hydrogen) atoms. The Labute approximate surface area is 131 Å². The van der Waals surface area contributed by atoms with E-state index in [4.69, 9.17) is 5.73 Å². The highest BCUT2D eigenvalue weighted by Gasteiger charge is 2.38. The maximum atomic E-state index is 6.27. The maximum Gasteiger partial charge on any atom is 0.0223 e. The molecule has 2 N–H and O–H groups in total. The largest absolute Gasteiger partial charge is 0.330 e. The van der Waals surface area contributed by atoms with Crippen LogP contribution in [0, 0.1) is 5.41 Å². The van der Waals surface area contributed by atoms with Gasteiger partial charge in [-0.3, -0.25) is 9.80 Å². The summed E-state index contributed by atoms with van der Waals surface area (Å²) in [6.07, 6.45) is 12.6. The van der Waals surface area contributed by atoms with Crippen molar-refractivity contribution in [1.29, 1.82) is 0 Å². The minimum absolute atomic E-state index is 0.418. The lowest BCUT2D eigenvalue weighted by molar-refractivity contribution is -0.00883. The van der Waals surface area contributed by atoms with Crippen LogP contribution in [-0.4, -0.2) is 54.6 Å². The fourth-order valence-electron chi connectivity index (χ4n) is 4.97. The number of hydrogen-bond donors (Lipinski definition) is 1. The second-order valence-corrected chi connectivity index (χ2v) is 8.04. The highest BCUT2D eigenvalue weighted by atomic mass is 15.3. The van der Waals surface area contributed by atoms with E-state index in [1.807, 2.05) is 0 Å². The Hall–Kier alpha value is -0.120. The molecule has 0 bridgehead atoms. The van der Waals surface area contributed by atoms with E-state index >= 15 is 0 Å². The molecule has 3 rings (SSSR count). The van der Waals surface area contributed by atoms with Gasteiger partial charge in [0, 0.05) is 31.7 Å². The van der Waals surface area contributed by atoms with Crippen LogP contribution < -0.4 is 5.73 Å². The molecule has 0 radical (unpaired) electrons. The number of rotatable bonds is 3. The first-order valence-corrected chi connectivity index (χ1v) is 9.41. The van der Waals surface area contributed by atoms with Crippen LogP contribution in [0.3, 0.4) is 0 Å². The molecule has 2 saturated heterocycles. The summed E-state index contributed by atoms with van der Waals surface area (Å²) < 4.78 is 0. The van der Waals surface area contributed by atoms with Gasteiger partial charge in [-0.05, 0) is 51.1 Å². The third-order valence-corrected chi connectivity index (χ3v) is 6.45. The maximum absolute atomic E-state index is 6.27. The topological polar surface area (TPSA) is 32.5 Å². The summed E-state index contributed by atoms with van der Waals surface area (Å²) in [4.78, 5) is 5.55. The Bertz CT molecular complexity index is 322. The Kier molecular flexibility index (Phi) is 5.23. The zero-order chi connectivity index (χ0) is 14.7. The van der Waals surface area contributed by atoms with E-state index in [1.54, 1.807) is 0 Å². The Morgan fingerprint density at radius 3 is 2.48 bits per heavy atom. The van der Waals surface area contributed by atoms with Gasteiger partial charge in [-0.2, -0.15) is 0 Å². The lowest BCUT2D eigenvalue weighted by Crippen LogP contribution is -2.60. The van der Waals surface area contributed by atoms with Gasteiger partial charge in [0.05, 0.1) is 0 Å². The van der Waals surface area contributed by atoms with Crippen LogP contribution in [0.2, 0.25) is 0 Å². The molecule has 1 saturated carbocycles. The van der Waals surface area contributed by atoms with Gasteiger partial charge in [-0.25, -0.2) is 0 Å². The van der Waals surface area contributed by atoms with Crippen molar-refractivity contribution in [2.75, 3.05) is 32.7 Å². The fraction of sp³-hybridized carbons (Fsp3) is 1.00. The monoisotopic (exact) mass is 293 g/mol. The predicted molar refractivity (Wildman–Crippen MR) is 89.4 cm³/mol. The highest BCUT2D eigenvalue weighted by Crippen LogP contribution is 2.36. The van der Waals surface area contributed by atoms with E-state index in [0.717, 1.165) is 12.6 Å². The third-order valence-electron chi connectivity index (χ3n) is 6.45. The van der Waals surface area contributed by atoms with Crippen molar-refractivity contribution in [1.82, 2.24) is 9.80 Å². The summed E-state index contributed by atoms with van der Waals surface area (Å²) in [5.74, 6) is 0. The van der Waals surface area contributed by atoms with Crippen LogP contribution in [0.4, 0.5) is 0 Å². The van der Waals surface area contributed by atoms with Gasteiger partial charge in [0.15, 0.2) is 0 Å². The summed E-state index contributed by atoms with van der Waals surface area (Å²) >= 11 is 0. The molecule has 2 aliphatic heterocycles. The third kappa shape index (κ3) is 3.62. The number of piperidine rings is 1. The zero-order valence-corrected chi connectivity index (χ0v) is 14.0. The van der Waals surface area contributed by atoms with Crippen molar-refractivity contribution in [3.63, 3.8) is 0 Å². The Morgan fingerprint density at radius 2 is 1.76 bits per heavy atom. The summed E-state index contributed by atoms with van der Waals surface area (Å²) in [6.45, 7) is 8.50. The van der Waals surface area contributed by atoms with Crippen molar-refractivity contribution in [2.24, 2.45) is 11.1 Å². The van der Waals surface area contributed by atoms with Crippen LogP contribution >= 0.6 is 0 Å². The van der Waals surface area contributed by atoms with Crippen molar-refractivity contribution >= 4 is 0 Å². The molecular weight excluding hydrogens is 258 g/mol. The minimum Gasteiger partial charge on any atom is -0.330 e. The molecule has 3 fully saturated rings. The standard InChI is InChI=1S/C18H35N3/c1-16-12-20-11-7-4-8-17(20)13-21(16)15-18(14-19)9-5-2-3-6-10-18/h16-17H,2-15,19H2,1H3. The van der Waals surface area contributed by atoms with E-state index in [9.17, 15) is 0 Å². The van der Waals surface area contributed by atoms with E-state index in [-0.39, 0.29) is 0 Å². The summed E-state index contributed by atoms with van der Waals surface area (Å²) in [6, 6.07) is 1.54. The highest BCUT2D eigenvalue weighted by molar-refractivity contribution is 4.93. The van der Waals surface area contributed by atoms with E-state index in [2.05, 4.69) is 16.7 Å². The summed E-state index contributed by atoms with van der Waals surface area (Å²) in [7, 11) is 0.